The van der Waals surface area contributed by atoms with Gasteiger partial charge in [0.15, 0.2) is 0 Å². The van der Waals surface area contributed by atoms with Gasteiger partial charge in [-0.2, -0.15) is 4.31 Å². The Labute approximate surface area is 202 Å². The van der Waals surface area contributed by atoms with Crippen molar-refractivity contribution in [2.45, 2.75) is 4.90 Å². The van der Waals surface area contributed by atoms with Gasteiger partial charge in [0.2, 0.25) is 10.0 Å². The standard InChI is InChI=1S/C22H21ClN4O4S.ClH/c23-19-7-5-18-14-20(8-6-17(18)13-19)32(30,31)27-11-9-26(10-12-27)22(29)16-3-1-15(2-4-16)21(28)25-24;/h1-8,13-14H,9-12,24H2,(H,25,28);1H. The van der Waals surface area contributed by atoms with Gasteiger partial charge in [0.1, 0.15) is 0 Å². The maximum absolute atomic E-state index is 13.1. The summed E-state index contributed by atoms with van der Waals surface area (Å²) < 4.78 is 27.6. The molecule has 0 radical (unpaired) electrons. The highest BCUT2D eigenvalue weighted by Crippen LogP contribution is 2.25. The number of fused-ring (bicyclic) bond motifs is 1. The maximum atomic E-state index is 13.1. The molecule has 3 aromatic carbocycles. The first-order valence-corrected chi connectivity index (χ1v) is 11.7. The second-order valence-corrected chi connectivity index (χ2v) is 9.77. The fourth-order valence-electron chi connectivity index (χ4n) is 3.67. The number of sulfonamides is 1. The molecule has 1 saturated heterocycles. The van der Waals surface area contributed by atoms with E-state index in [0.29, 0.717) is 16.1 Å². The van der Waals surface area contributed by atoms with Crippen molar-refractivity contribution < 1.29 is 18.0 Å². The van der Waals surface area contributed by atoms with Crippen LogP contribution in [0, 0.1) is 0 Å². The number of hydrazine groups is 1. The first-order valence-electron chi connectivity index (χ1n) is 9.89. The lowest BCUT2D eigenvalue weighted by molar-refractivity contribution is 0.0697. The Bertz CT molecular complexity index is 1290. The van der Waals surface area contributed by atoms with Gasteiger partial charge < -0.3 is 4.90 Å². The van der Waals surface area contributed by atoms with E-state index in [2.05, 4.69) is 0 Å². The van der Waals surface area contributed by atoms with Crippen molar-refractivity contribution in [3.8, 4) is 0 Å². The van der Waals surface area contributed by atoms with E-state index in [4.69, 9.17) is 17.4 Å². The summed E-state index contributed by atoms with van der Waals surface area (Å²) in [4.78, 5) is 26.1. The highest BCUT2D eigenvalue weighted by molar-refractivity contribution is 7.89. The predicted molar refractivity (Wildman–Crippen MR) is 129 cm³/mol. The van der Waals surface area contributed by atoms with Crippen LogP contribution in [0.5, 0.6) is 0 Å². The normalized spacial score (nSPS) is 14.5. The van der Waals surface area contributed by atoms with E-state index in [1.54, 1.807) is 53.4 Å². The van der Waals surface area contributed by atoms with Crippen LogP contribution in [0.1, 0.15) is 20.7 Å². The molecule has 1 fully saturated rings. The number of nitrogen functional groups attached to an aromatic ring is 1. The zero-order valence-corrected chi connectivity index (χ0v) is 19.8. The first kappa shape index (κ1) is 24.9. The molecule has 4 rings (SSSR count). The number of carbonyl (C=O) groups is 2. The number of piperazine rings is 1. The molecule has 0 bridgehead atoms. The predicted octanol–water partition coefficient (Wildman–Crippen LogP) is 2.67. The second-order valence-electron chi connectivity index (χ2n) is 7.40. The van der Waals surface area contributed by atoms with Crippen molar-refractivity contribution in [1.29, 1.82) is 0 Å². The van der Waals surface area contributed by atoms with Crippen molar-refractivity contribution in [2.75, 3.05) is 26.2 Å². The van der Waals surface area contributed by atoms with Crippen LogP contribution in [0.25, 0.3) is 10.8 Å². The monoisotopic (exact) mass is 508 g/mol. The minimum Gasteiger partial charge on any atom is -0.336 e. The topological polar surface area (TPSA) is 113 Å². The molecule has 33 heavy (non-hydrogen) atoms. The van der Waals surface area contributed by atoms with E-state index in [-0.39, 0.29) is 49.4 Å². The van der Waals surface area contributed by atoms with Crippen LogP contribution in [0.4, 0.5) is 0 Å². The first-order chi connectivity index (χ1) is 15.3. The third-order valence-corrected chi connectivity index (χ3v) is 7.59. The van der Waals surface area contributed by atoms with Crippen molar-refractivity contribution in [3.63, 3.8) is 0 Å². The second kappa shape index (κ2) is 10.1. The molecule has 0 aromatic heterocycles. The molecule has 3 aromatic rings. The summed E-state index contributed by atoms with van der Waals surface area (Å²) in [6.07, 6.45) is 0. The summed E-state index contributed by atoms with van der Waals surface area (Å²) in [5.41, 5.74) is 2.80. The molecule has 0 saturated carbocycles. The Morgan fingerprint density at radius 1 is 0.848 bits per heavy atom. The van der Waals surface area contributed by atoms with Crippen LogP contribution in [0.15, 0.2) is 65.6 Å². The molecule has 1 aliphatic heterocycles. The van der Waals surface area contributed by atoms with Crippen LogP contribution in [0.3, 0.4) is 0 Å². The average Bonchev–Trinajstić information content (AvgIpc) is 2.82. The van der Waals surface area contributed by atoms with Gasteiger partial charge in [-0.15, -0.1) is 12.4 Å². The third kappa shape index (κ3) is 5.13. The number of amides is 2. The number of hydrogen-bond acceptors (Lipinski definition) is 5. The molecule has 0 atom stereocenters. The van der Waals surface area contributed by atoms with Gasteiger partial charge in [-0.1, -0.05) is 23.7 Å². The maximum Gasteiger partial charge on any atom is 0.265 e. The highest BCUT2D eigenvalue weighted by Gasteiger charge is 2.30. The lowest BCUT2D eigenvalue weighted by atomic mass is 10.1. The summed E-state index contributed by atoms with van der Waals surface area (Å²) in [6.45, 7) is 0.930. The molecular weight excluding hydrogens is 487 g/mol. The summed E-state index contributed by atoms with van der Waals surface area (Å²) in [5.74, 6) is 4.45. The van der Waals surface area contributed by atoms with E-state index >= 15 is 0 Å². The van der Waals surface area contributed by atoms with Crippen molar-refractivity contribution in [2.24, 2.45) is 5.84 Å². The molecule has 0 aliphatic carbocycles. The Morgan fingerprint density at radius 3 is 2.06 bits per heavy atom. The SMILES string of the molecule is Cl.NNC(=O)c1ccc(C(=O)N2CCN(S(=O)(=O)c3ccc4cc(Cl)ccc4c3)CC2)cc1. The molecule has 1 heterocycles. The molecule has 8 nitrogen and oxygen atoms in total. The number of halogens is 2. The molecule has 1 aliphatic rings. The zero-order valence-electron chi connectivity index (χ0n) is 17.4. The number of nitrogens with two attached hydrogens (primary N) is 1. The van der Waals surface area contributed by atoms with Crippen molar-refractivity contribution in [3.05, 3.63) is 76.8 Å². The lowest BCUT2D eigenvalue weighted by Crippen LogP contribution is -2.50. The largest absolute Gasteiger partial charge is 0.336 e. The van der Waals surface area contributed by atoms with Crippen LogP contribution in [-0.2, 0) is 10.0 Å². The van der Waals surface area contributed by atoms with Gasteiger partial charge in [-0.25, -0.2) is 14.3 Å². The number of rotatable bonds is 4. The fourth-order valence-corrected chi connectivity index (χ4v) is 5.30. The van der Waals surface area contributed by atoms with Gasteiger partial charge in [0, 0.05) is 42.3 Å². The van der Waals surface area contributed by atoms with E-state index in [0.717, 1.165) is 10.8 Å². The molecule has 11 heteroatoms. The number of hydrogen-bond donors (Lipinski definition) is 2. The van der Waals surface area contributed by atoms with Crippen LogP contribution in [0.2, 0.25) is 5.02 Å². The lowest BCUT2D eigenvalue weighted by Gasteiger charge is -2.34. The Hall–Kier alpha value is -2.69. The van der Waals surface area contributed by atoms with Gasteiger partial charge in [-0.3, -0.25) is 15.0 Å². The van der Waals surface area contributed by atoms with Gasteiger partial charge in [0.05, 0.1) is 4.90 Å². The van der Waals surface area contributed by atoms with E-state index in [1.165, 1.54) is 16.4 Å². The molecule has 2 amide bonds. The molecule has 174 valence electrons. The van der Waals surface area contributed by atoms with Gasteiger partial charge >= 0.3 is 0 Å². The smallest absolute Gasteiger partial charge is 0.265 e. The number of benzene rings is 3. The highest BCUT2D eigenvalue weighted by atomic mass is 35.5. The third-order valence-electron chi connectivity index (χ3n) is 5.46. The molecule has 3 N–H and O–H groups in total. The van der Waals surface area contributed by atoms with Crippen LogP contribution >= 0.6 is 24.0 Å². The Morgan fingerprint density at radius 2 is 1.42 bits per heavy atom. The molecular formula is C22H22Cl2N4O4S. The van der Waals surface area contributed by atoms with E-state index < -0.39 is 15.9 Å². The van der Waals surface area contributed by atoms with Gasteiger partial charge in [-0.05, 0) is 59.3 Å². The van der Waals surface area contributed by atoms with E-state index in [9.17, 15) is 18.0 Å². The quantitative estimate of drug-likeness (QED) is 0.319. The van der Waals surface area contributed by atoms with Gasteiger partial charge in [0.25, 0.3) is 11.8 Å². The summed E-state index contributed by atoms with van der Waals surface area (Å²) in [6, 6.07) is 16.4. The Kier molecular flexibility index (Phi) is 7.61. The fraction of sp³-hybridized carbons (Fsp3) is 0.182. The minimum absolute atomic E-state index is 0. The minimum atomic E-state index is -3.69. The summed E-state index contributed by atoms with van der Waals surface area (Å²) >= 11 is 6.00. The van der Waals surface area contributed by atoms with Crippen molar-refractivity contribution >= 4 is 56.6 Å². The number of nitrogens with zero attached hydrogens (tertiary/aromatic N) is 2. The zero-order chi connectivity index (χ0) is 22.9. The summed E-state index contributed by atoms with van der Waals surface area (Å²) in [5, 5.41) is 2.24. The molecule has 0 unspecified atom stereocenters. The summed E-state index contributed by atoms with van der Waals surface area (Å²) in [7, 11) is -3.69. The molecule has 0 spiro atoms. The van der Waals surface area contributed by atoms with E-state index in [1.807, 2.05) is 5.43 Å². The average molecular weight is 509 g/mol. The van der Waals surface area contributed by atoms with Crippen LogP contribution < -0.4 is 11.3 Å². The number of carbonyl (C=O) groups excluding carboxylic acids is 2. The van der Waals surface area contributed by atoms with Crippen LogP contribution in [-0.4, -0.2) is 55.6 Å². The number of nitrogens with one attached hydrogen (secondary N) is 1. The van der Waals surface area contributed by atoms with Crippen molar-refractivity contribution in [1.82, 2.24) is 14.6 Å². The Balaban J connectivity index is 0.00000306.